The average Bonchev–Trinajstić information content (AvgIpc) is 4.27. The minimum absolute atomic E-state index is 0.0217. The highest BCUT2D eigenvalue weighted by atomic mass is 79.9. The number of carbonyl (C=O) groups is 3. The Hall–Kier alpha value is -6.91. The summed E-state index contributed by atoms with van der Waals surface area (Å²) in [5.74, 6) is 1.89. The predicted octanol–water partition coefficient (Wildman–Crippen LogP) is 14.0. The first kappa shape index (κ1) is 57.8. The molecule has 1 fully saturated rings. The first-order valence-electron chi connectivity index (χ1n) is 23.7. The molecule has 1 unspecified atom stereocenters. The molecule has 0 radical (unpaired) electrons. The van der Waals surface area contributed by atoms with E-state index < -0.39 is 11.7 Å². The molecule has 2 aliphatic heterocycles. The van der Waals surface area contributed by atoms with E-state index in [1.165, 1.54) is 41.2 Å². The molecule has 1 atom stereocenters. The first-order chi connectivity index (χ1) is 36.8. The van der Waals surface area contributed by atoms with Crippen LogP contribution in [0.15, 0.2) is 136 Å². The number of aryl methyl sites for hydroxylation is 1. The number of nitrogens with two attached hydrogens (primary N) is 1. The molecule has 5 N–H and O–H groups in total. The van der Waals surface area contributed by atoms with Gasteiger partial charge in [0, 0.05) is 79.5 Å². The number of thiophene rings is 1. The van der Waals surface area contributed by atoms with Gasteiger partial charge in [-0.3, -0.25) is 9.79 Å². The van der Waals surface area contributed by atoms with E-state index in [2.05, 4.69) is 100 Å². The zero-order valence-electron chi connectivity index (χ0n) is 42.6. The molecular weight excluding hydrogens is 1170 g/mol. The van der Waals surface area contributed by atoms with Crippen LogP contribution < -0.4 is 16.4 Å². The van der Waals surface area contributed by atoms with Crippen molar-refractivity contribution in [2.24, 2.45) is 10.7 Å². The molecule has 1 saturated heterocycles. The van der Waals surface area contributed by atoms with Crippen molar-refractivity contribution in [3.63, 3.8) is 0 Å². The number of nitrogens with one attached hydrogen (secondary N) is 3. The Kier molecular flexibility index (Phi) is 20.2. The Labute approximate surface area is 474 Å². The molecule has 7 heterocycles. The van der Waals surface area contributed by atoms with Crippen molar-refractivity contribution in [2.45, 2.75) is 52.7 Å². The Morgan fingerprint density at radius 2 is 1.60 bits per heavy atom. The van der Waals surface area contributed by atoms with Crippen LogP contribution in [0.2, 0.25) is 10.3 Å². The van der Waals surface area contributed by atoms with Gasteiger partial charge in [-0.15, -0.1) is 11.3 Å². The van der Waals surface area contributed by atoms with E-state index in [9.17, 15) is 14.4 Å². The number of halogens is 4. The predicted molar refractivity (Wildman–Crippen MR) is 315 cm³/mol. The fraction of sp³-hybridized carbons (Fsp3) is 0.218. The third-order valence-electron chi connectivity index (χ3n) is 10.8. The molecule has 0 amide bonds. The molecule has 4 aromatic carbocycles. The van der Waals surface area contributed by atoms with Crippen LogP contribution in [-0.2, 0) is 14.2 Å². The number of allylic oxidation sites excluding steroid dienone is 1. The molecule has 0 saturated carbocycles. The third kappa shape index (κ3) is 17.0. The van der Waals surface area contributed by atoms with Crippen LogP contribution in [0.1, 0.15) is 65.7 Å². The second kappa shape index (κ2) is 26.9. The molecule has 2 aliphatic rings. The maximum atomic E-state index is 12.2. The second-order valence-electron chi connectivity index (χ2n) is 18.0. The van der Waals surface area contributed by atoms with Gasteiger partial charge in [0.25, 0.3) is 0 Å². The number of anilines is 4. The van der Waals surface area contributed by atoms with Crippen molar-refractivity contribution in [3.05, 3.63) is 163 Å². The molecule has 5 aromatic heterocycles. The van der Waals surface area contributed by atoms with Crippen LogP contribution in [0.25, 0.3) is 37.5 Å². The van der Waals surface area contributed by atoms with Crippen molar-refractivity contribution in [1.82, 2.24) is 34.7 Å². The number of nitrogens with zero attached hydrogens (tertiary/aromatic N) is 7. The lowest BCUT2D eigenvalue weighted by Crippen LogP contribution is -2.27. The maximum absolute atomic E-state index is 12.2. The number of methoxy groups -OCH3 is 1. The molecule has 0 spiro atoms. The van der Waals surface area contributed by atoms with E-state index in [4.69, 9.17) is 38.4 Å². The number of esters is 1. The van der Waals surface area contributed by atoms with Crippen molar-refractivity contribution < 1.29 is 28.6 Å². The second-order valence-corrected chi connectivity index (χ2v) is 21.6. The van der Waals surface area contributed by atoms with Crippen LogP contribution in [0.5, 0.6) is 0 Å². The molecular formula is C55H53Br2Cl2N11O6S. The lowest BCUT2D eigenvalue weighted by atomic mass is 10.1. The van der Waals surface area contributed by atoms with E-state index in [1.807, 2.05) is 101 Å². The number of aromatic nitrogens is 7. The van der Waals surface area contributed by atoms with Gasteiger partial charge in [-0.2, -0.15) is 9.78 Å². The molecule has 9 aromatic rings. The van der Waals surface area contributed by atoms with Gasteiger partial charge in [-0.25, -0.2) is 29.5 Å². The number of aliphatic imine (C=N–C) groups is 1. The Morgan fingerprint density at radius 1 is 0.870 bits per heavy atom. The quantitative estimate of drug-likeness (QED) is 0.0662. The van der Waals surface area contributed by atoms with Gasteiger partial charge < -0.3 is 35.6 Å². The molecule has 22 heteroatoms. The van der Waals surface area contributed by atoms with Gasteiger partial charge in [-0.1, -0.05) is 51.8 Å². The van der Waals surface area contributed by atoms with Crippen molar-refractivity contribution in [1.29, 1.82) is 0 Å². The lowest BCUT2D eigenvalue weighted by Gasteiger charge is -2.19. The lowest BCUT2D eigenvalue weighted by molar-refractivity contribution is 0.0521. The number of benzene rings is 4. The van der Waals surface area contributed by atoms with Crippen LogP contribution in [0.4, 0.5) is 27.8 Å². The number of ketones is 1. The molecule has 0 bridgehead atoms. The number of carbonyl (C=O) groups excluding carboxylic acids is 3. The van der Waals surface area contributed by atoms with Gasteiger partial charge in [-0.05, 0) is 157 Å². The van der Waals surface area contributed by atoms with Crippen LogP contribution >= 0.6 is 66.4 Å². The number of aromatic amines is 1. The standard InChI is InChI=1S/C16H16ClN5O2.C15H14N4.C10H7BrClNO.C10H7BrO2S.C4H9NO/c1-16(2,3)24-15(23)22-12-5-4-11(8-10(12)9-19-22)20-13-6-7-18-14(17)21-13;1-11-17-9-7-15(18-11)19-14-4-2-12(3-5-14)13-6-8-16-10-13;1-5(14)9-3-6-2-8(12)7(11)4-10(6)13-9;1-13-10(12)9-4-6-2-3-7(11)5-8(6)14-9;5-4-1-2-6-3-4/h4-9H,1-3H3,(H,18,20,21);2-7,9-10H,8H2,1H3,(H,17,18,19);2-4,13H,1H3;2-5H,1H3;4H,1-3,5H2. The Balaban J connectivity index is 0.000000147. The fourth-order valence-corrected chi connectivity index (χ4v) is 9.35. The Morgan fingerprint density at radius 3 is 2.23 bits per heavy atom. The maximum Gasteiger partial charge on any atom is 0.435 e. The largest absolute Gasteiger partial charge is 0.465 e. The van der Waals surface area contributed by atoms with Gasteiger partial charge in [0.2, 0.25) is 5.28 Å². The van der Waals surface area contributed by atoms with Crippen LogP contribution in [0.3, 0.4) is 0 Å². The summed E-state index contributed by atoms with van der Waals surface area (Å²) in [6, 6.07) is 30.9. The van der Waals surface area contributed by atoms with E-state index in [-0.39, 0.29) is 17.0 Å². The number of hydrogen-bond donors (Lipinski definition) is 4. The molecule has 77 heavy (non-hydrogen) atoms. The number of hydrogen-bond acceptors (Lipinski definition) is 16. The van der Waals surface area contributed by atoms with Gasteiger partial charge >= 0.3 is 12.1 Å². The highest BCUT2D eigenvalue weighted by molar-refractivity contribution is 9.10. The van der Waals surface area contributed by atoms with E-state index in [0.717, 1.165) is 84.5 Å². The fourth-order valence-electron chi connectivity index (χ4n) is 7.16. The summed E-state index contributed by atoms with van der Waals surface area (Å²) >= 11 is 19.9. The average molecular weight is 1230 g/mol. The summed E-state index contributed by atoms with van der Waals surface area (Å²) in [6.45, 7) is 11.3. The number of H-pyrrole nitrogens is 1. The monoisotopic (exact) mass is 1220 g/mol. The SMILES string of the molecule is CC(=O)c1cc2cc(Cl)c(Br)cc2[nH]1.CC(C)(C)OC(=O)n1ncc2cc(Nc3ccnc(Cl)n3)ccc21.COC(=O)c1cc2ccc(Br)cc2s1.Cc1nccc(Nc2ccc(C3=CCN=C3)cc2)n1.NC1CCOC1. The molecule has 17 nitrogen and oxygen atoms in total. The van der Waals surface area contributed by atoms with Crippen molar-refractivity contribution >= 4 is 151 Å². The normalized spacial score (nSPS) is 13.4. The highest BCUT2D eigenvalue weighted by Gasteiger charge is 2.20. The zero-order valence-corrected chi connectivity index (χ0v) is 48.1. The van der Waals surface area contributed by atoms with Crippen LogP contribution in [0, 0.1) is 6.92 Å². The number of Topliss-reactive ketones (excluding diaryl/α,β-unsaturated/α-hetero) is 1. The smallest absolute Gasteiger partial charge is 0.435 e. The van der Waals surface area contributed by atoms with E-state index >= 15 is 0 Å². The van der Waals surface area contributed by atoms with Gasteiger partial charge in [0.1, 0.15) is 27.9 Å². The summed E-state index contributed by atoms with van der Waals surface area (Å²) in [5, 5.41) is 14.1. The highest BCUT2D eigenvalue weighted by Crippen LogP contribution is 2.30. The Bertz CT molecular complexity index is 3550. The first-order valence-corrected chi connectivity index (χ1v) is 26.9. The van der Waals surface area contributed by atoms with E-state index in [1.54, 1.807) is 36.8 Å². The van der Waals surface area contributed by atoms with Crippen LogP contribution in [-0.4, -0.2) is 97.3 Å². The van der Waals surface area contributed by atoms with Gasteiger partial charge in [0.05, 0.1) is 42.7 Å². The molecule has 398 valence electrons. The summed E-state index contributed by atoms with van der Waals surface area (Å²) in [4.78, 5) is 58.7. The van der Waals surface area contributed by atoms with E-state index in [0.29, 0.717) is 33.0 Å². The van der Waals surface area contributed by atoms with Gasteiger partial charge in [0.15, 0.2) is 5.78 Å². The van der Waals surface area contributed by atoms with Crippen molar-refractivity contribution in [3.8, 4) is 0 Å². The summed E-state index contributed by atoms with van der Waals surface area (Å²) < 4.78 is 19.1. The molecule has 11 rings (SSSR count). The minimum atomic E-state index is -0.580. The summed E-state index contributed by atoms with van der Waals surface area (Å²) in [7, 11) is 1.39. The summed E-state index contributed by atoms with van der Waals surface area (Å²) in [5.41, 5.74) is 11.2. The number of fused-ring (bicyclic) bond motifs is 3. The number of ether oxygens (including phenoxy) is 3. The minimum Gasteiger partial charge on any atom is -0.465 e. The zero-order chi connectivity index (χ0) is 55.2. The van der Waals surface area contributed by atoms with Crippen molar-refractivity contribution in [2.75, 3.05) is 37.5 Å². The molecule has 0 aliphatic carbocycles. The third-order valence-corrected chi connectivity index (χ3v) is 13.8. The summed E-state index contributed by atoms with van der Waals surface area (Å²) in [6.07, 6.45) is 9.49. The number of rotatable bonds is 7. The topological polar surface area (TPSA) is 227 Å².